The van der Waals surface area contributed by atoms with Crippen LogP contribution in [0.5, 0.6) is 0 Å². The standard InChI is InChI=1S/C32H35N5O3.C2HF3O2/c1-6-28(38)34-27-9-7-8-25(21(27)4)29-26-18-23(32(39)40-20(2)3)19-33-31(26)35-30(29)22-10-12-24(13-11-22)37-16-14-36(5)15-17-37;3-2(4,5)1(6)7/h6-13,18-20H,1,14-17H2,2-5H3,(H,33,35)(H,34,38);(H,6,7). The summed E-state index contributed by atoms with van der Waals surface area (Å²) in [4.78, 5) is 46.6. The molecule has 1 aliphatic rings. The molecule has 4 aromatic rings. The second-order valence-electron chi connectivity index (χ2n) is 11.3. The molecular formula is C34H36F3N5O5. The maximum atomic E-state index is 12.8. The van der Waals surface area contributed by atoms with E-state index < -0.39 is 18.1 Å². The number of nitrogens with zero attached hydrogens (tertiary/aromatic N) is 3. The molecule has 0 spiro atoms. The van der Waals surface area contributed by atoms with E-state index >= 15 is 0 Å². The molecule has 1 aliphatic heterocycles. The van der Waals surface area contributed by atoms with Gasteiger partial charge < -0.3 is 29.9 Å². The van der Waals surface area contributed by atoms with Crippen molar-refractivity contribution in [1.82, 2.24) is 14.9 Å². The summed E-state index contributed by atoms with van der Waals surface area (Å²) in [5, 5.41) is 10.8. The number of esters is 1. The quantitative estimate of drug-likeness (QED) is 0.157. The summed E-state index contributed by atoms with van der Waals surface area (Å²) in [6.07, 6.45) is -2.53. The van der Waals surface area contributed by atoms with Gasteiger partial charge in [-0.3, -0.25) is 4.79 Å². The molecule has 0 saturated carbocycles. The highest BCUT2D eigenvalue weighted by atomic mass is 19.4. The molecule has 0 atom stereocenters. The largest absolute Gasteiger partial charge is 0.490 e. The molecule has 3 N–H and O–H groups in total. The minimum atomic E-state index is -5.08. The van der Waals surface area contributed by atoms with Crippen LogP contribution in [0.1, 0.15) is 29.8 Å². The molecule has 2 aromatic heterocycles. The van der Waals surface area contributed by atoms with Crippen LogP contribution in [-0.2, 0) is 14.3 Å². The number of carboxylic acids is 1. The maximum Gasteiger partial charge on any atom is 0.490 e. The number of ether oxygens (including phenoxy) is 1. The number of halogens is 3. The van der Waals surface area contributed by atoms with E-state index in [2.05, 4.69) is 63.0 Å². The number of carbonyl (C=O) groups excluding carboxylic acids is 2. The van der Waals surface area contributed by atoms with Crippen molar-refractivity contribution in [1.29, 1.82) is 0 Å². The number of anilines is 2. The Kier molecular flexibility index (Phi) is 10.7. The Balaban J connectivity index is 0.000000644. The SMILES string of the molecule is C=CC(=O)Nc1cccc(-c2c(-c3ccc(N4CCN(C)CC4)cc3)[nH]c3ncc(C(=O)OC(C)C)cc23)c1C.O=C(O)C(F)(F)F. The molecule has 1 amide bonds. The fourth-order valence-corrected chi connectivity index (χ4v) is 5.09. The Morgan fingerprint density at radius 1 is 1.09 bits per heavy atom. The second-order valence-corrected chi connectivity index (χ2v) is 11.3. The summed E-state index contributed by atoms with van der Waals surface area (Å²) < 4.78 is 37.2. The molecule has 1 saturated heterocycles. The molecule has 2 aromatic carbocycles. The van der Waals surface area contributed by atoms with E-state index in [0.717, 1.165) is 59.5 Å². The number of amides is 1. The Bertz CT molecular complexity index is 1780. The van der Waals surface area contributed by atoms with Gasteiger partial charge in [0.15, 0.2) is 0 Å². The van der Waals surface area contributed by atoms with Gasteiger partial charge in [0.25, 0.3) is 0 Å². The van der Waals surface area contributed by atoms with Gasteiger partial charge in [-0.2, -0.15) is 13.2 Å². The normalized spacial score (nSPS) is 13.6. The van der Waals surface area contributed by atoms with Crippen molar-refractivity contribution in [3.05, 3.63) is 78.5 Å². The van der Waals surface area contributed by atoms with E-state index in [1.165, 1.54) is 11.8 Å². The zero-order chi connectivity index (χ0) is 34.5. The highest BCUT2D eigenvalue weighted by Gasteiger charge is 2.38. The number of hydrogen-bond donors (Lipinski definition) is 3. The molecule has 248 valence electrons. The van der Waals surface area contributed by atoms with Crippen LogP contribution in [-0.4, -0.2) is 83.3 Å². The minimum absolute atomic E-state index is 0.240. The number of benzene rings is 2. The third-order valence-corrected chi connectivity index (χ3v) is 7.54. The molecule has 0 radical (unpaired) electrons. The number of aromatic nitrogens is 2. The molecule has 10 nitrogen and oxygen atoms in total. The lowest BCUT2D eigenvalue weighted by Crippen LogP contribution is -2.44. The van der Waals surface area contributed by atoms with Crippen LogP contribution in [0, 0.1) is 6.92 Å². The van der Waals surface area contributed by atoms with Crippen LogP contribution in [0.3, 0.4) is 0 Å². The number of carboxylic acid groups (broad SMARTS) is 1. The number of piperazine rings is 1. The molecule has 47 heavy (non-hydrogen) atoms. The molecular weight excluding hydrogens is 615 g/mol. The Labute approximate surface area is 269 Å². The Morgan fingerprint density at radius 3 is 2.30 bits per heavy atom. The number of carbonyl (C=O) groups is 3. The summed E-state index contributed by atoms with van der Waals surface area (Å²) in [7, 11) is 2.15. The number of likely N-dealkylation sites (N-methyl/N-ethyl adjacent to an activating group) is 1. The molecule has 5 rings (SSSR count). The van der Waals surface area contributed by atoms with E-state index in [4.69, 9.17) is 14.6 Å². The van der Waals surface area contributed by atoms with Gasteiger partial charge >= 0.3 is 18.1 Å². The number of hydrogen-bond acceptors (Lipinski definition) is 7. The lowest BCUT2D eigenvalue weighted by molar-refractivity contribution is -0.192. The van der Waals surface area contributed by atoms with Crippen LogP contribution >= 0.6 is 0 Å². The summed E-state index contributed by atoms with van der Waals surface area (Å²) in [6.45, 7) is 13.3. The van der Waals surface area contributed by atoms with E-state index in [1.807, 2.05) is 45.0 Å². The maximum absolute atomic E-state index is 12.8. The van der Waals surface area contributed by atoms with E-state index in [9.17, 15) is 22.8 Å². The summed E-state index contributed by atoms with van der Waals surface area (Å²) in [5.41, 5.74) is 7.52. The topological polar surface area (TPSA) is 128 Å². The summed E-state index contributed by atoms with van der Waals surface area (Å²) in [6, 6.07) is 16.2. The van der Waals surface area contributed by atoms with E-state index in [0.29, 0.717) is 16.9 Å². The van der Waals surface area contributed by atoms with Gasteiger partial charge in [0.05, 0.1) is 17.4 Å². The molecule has 3 heterocycles. The third-order valence-electron chi connectivity index (χ3n) is 7.54. The van der Waals surface area contributed by atoms with Gasteiger partial charge in [-0.05, 0) is 74.9 Å². The number of aliphatic carboxylic acids is 1. The highest BCUT2D eigenvalue weighted by molar-refractivity contribution is 6.07. The van der Waals surface area contributed by atoms with E-state index in [1.54, 1.807) is 6.20 Å². The third kappa shape index (κ3) is 8.36. The summed E-state index contributed by atoms with van der Waals surface area (Å²) >= 11 is 0. The molecule has 0 bridgehead atoms. The molecule has 13 heteroatoms. The lowest BCUT2D eigenvalue weighted by atomic mass is 9.94. The molecule has 0 aliphatic carbocycles. The number of aromatic amines is 1. The van der Waals surface area contributed by atoms with Crippen molar-refractivity contribution < 1.29 is 37.4 Å². The molecule has 1 fully saturated rings. The van der Waals surface area contributed by atoms with Crippen LogP contribution in [0.15, 0.2) is 67.4 Å². The van der Waals surface area contributed by atoms with Crippen molar-refractivity contribution in [2.45, 2.75) is 33.1 Å². The van der Waals surface area contributed by atoms with Gasteiger partial charge in [-0.1, -0.05) is 30.8 Å². The van der Waals surface area contributed by atoms with Crippen LogP contribution in [0.2, 0.25) is 0 Å². The highest BCUT2D eigenvalue weighted by Crippen LogP contribution is 2.41. The lowest BCUT2D eigenvalue weighted by Gasteiger charge is -2.34. The first-order valence-electron chi connectivity index (χ1n) is 14.8. The number of alkyl halides is 3. The minimum Gasteiger partial charge on any atom is -0.475 e. The van der Waals surface area contributed by atoms with Crippen molar-refractivity contribution >= 4 is 40.3 Å². The number of fused-ring (bicyclic) bond motifs is 1. The fraction of sp³-hybridized carbons (Fsp3) is 0.294. The predicted molar refractivity (Wildman–Crippen MR) is 174 cm³/mol. The Morgan fingerprint density at radius 2 is 1.72 bits per heavy atom. The number of pyridine rings is 1. The Hall–Kier alpha value is -5.17. The average Bonchev–Trinajstić information content (AvgIpc) is 3.40. The zero-order valence-electron chi connectivity index (χ0n) is 26.4. The van der Waals surface area contributed by atoms with Crippen molar-refractivity contribution in [2.24, 2.45) is 0 Å². The van der Waals surface area contributed by atoms with Crippen LogP contribution in [0.4, 0.5) is 24.5 Å². The zero-order valence-corrected chi connectivity index (χ0v) is 26.4. The number of H-pyrrole nitrogens is 1. The van der Waals surface area contributed by atoms with Gasteiger partial charge in [0, 0.05) is 54.7 Å². The molecule has 0 unspecified atom stereocenters. The second kappa shape index (κ2) is 14.5. The smallest absolute Gasteiger partial charge is 0.475 e. The summed E-state index contributed by atoms with van der Waals surface area (Å²) in [5.74, 6) is -3.45. The van der Waals surface area contributed by atoms with Gasteiger partial charge in [-0.15, -0.1) is 0 Å². The number of nitrogens with one attached hydrogen (secondary N) is 2. The van der Waals surface area contributed by atoms with Crippen molar-refractivity contribution in [3.8, 4) is 22.4 Å². The van der Waals surface area contributed by atoms with Crippen molar-refractivity contribution in [3.63, 3.8) is 0 Å². The fourth-order valence-electron chi connectivity index (χ4n) is 5.09. The first-order chi connectivity index (χ1) is 22.2. The monoisotopic (exact) mass is 651 g/mol. The van der Waals surface area contributed by atoms with Gasteiger partial charge in [0.2, 0.25) is 5.91 Å². The number of rotatable bonds is 7. The van der Waals surface area contributed by atoms with E-state index in [-0.39, 0.29) is 12.0 Å². The predicted octanol–water partition coefficient (Wildman–Crippen LogP) is 6.28. The van der Waals surface area contributed by atoms with Crippen LogP contribution < -0.4 is 10.2 Å². The van der Waals surface area contributed by atoms with Gasteiger partial charge in [-0.25, -0.2) is 14.6 Å². The average molecular weight is 652 g/mol. The van der Waals surface area contributed by atoms with Crippen LogP contribution in [0.25, 0.3) is 33.4 Å². The van der Waals surface area contributed by atoms with Gasteiger partial charge in [0.1, 0.15) is 5.65 Å². The first-order valence-corrected chi connectivity index (χ1v) is 14.8. The van der Waals surface area contributed by atoms with Crippen molar-refractivity contribution in [2.75, 3.05) is 43.4 Å². The first kappa shape index (κ1) is 34.7.